The lowest BCUT2D eigenvalue weighted by molar-refractivity contribution is -0.188. The molecule has 0 aliphatic heterocycles. The summed E-state index contributed by atoms with van der Waals surface area (Å²) in [5.41, 5.74) is -0.705. The first-order valence-electron chi connectivity index (χ1n) is 7.30. The van der Waals surface area contributed by atoms with Gasteiger partial charge in [0, 0.05) is 19.8 Å². The minimum absolute atomic E-state index is 0.0151. The summed E-state index contributed by atoms with van der Waals surface area (Å²) in [6.45, 7) is 0.355. The molecule has 0 radical (unpaired) electrons. The number of phenols is 5. The van der Waals surface area contributed by atoms with Crippen LogP contribution in [0.25, 0.3) is 0 Å². The zero-order valence-electron chi connectivity index (χ0n) is 14.0. The second-order valence-corrected chi connectivity index (χ2v) is 5.75. The summed E-state index contributed by atoms with van der Waals surface area (Å²) in [7, 11) is 5.04. The number of hydrogen-bond acceptors (Lipinski definition) is 9. The summed E-state index contributed by atoms with van der Waals surface area (Å²) in [6.07, 6.45) is 1.35. The molecule has 10 heteroatoms. The van der Waals surface area contributed by atoms with Crippen LogP contribution in [0.1, 0.15) is 11.3 Å². The van der Waals surface area contributed by atoms with Gasteiger partial charge in [-0.2, -0.15) is 5.10 Å². The van der Waals surface area contributed by atoms with Crippen LogP contribution in [0, 0.1) is 0 Å². The van der Waals surface area contributed by atoms with Crippen LogP contribution in [0.3, 0.4) is 0 Å². The summed E-state index contributed by atoms with van der Waals surface area (Å²) < 4.78 is 6.72. The molecule has 1 unspecified atom stereocenters. The summed E-state index contributed by atoms with van der Waals surface area (Å²) in [6, 6.07) is 1.37. The zero-order chi connectivity index (χ0) is 18.9. The number of benzene rings is 1. The zero-order valence-corrected chi connectivity index (χ0v) is 14.0. The number of ether oxygens (including phenoxy) is 1. The highest BCUT2D eigenvalue weighted by Crippen LogP contribution is 2.55. The first kappa shape index (κ1) is 18.6. The Hall–Kier alpha value is -2.69. The van der Waals surface area contributed by atoms with E-state index in [1.54, 1.807) is 19.0 Å². The van der Waals surface area contributed by atoms with Crippen LogP contribution in [0.5, 0.6) is 28.7 Å². The molecule has 2 aromatic rings. The van der Waals surface area contributed by atoms with Crippen molar-refractivity contribution in [3.8, 4) is 28.7 Å². The molecule has 1 aromatic heterocycles. The smallest absolute Gasteiger partial charge is 0.244 e. The molecule has 0 saturated carbocycles. The fourth-order valence-electron chi connectivity index (χ4n) is 2.36. The maximum absolute atomic E-state index is 11.1. The molecule has 6 N–H and O–H groups in total. The van der Waals surface area contributed by atoms with Crippen molar-refractivity contribution in [1.29, 1.82) is 0 Å². The van der Waals surface area contributed by atoms with Crippen molar-refractivity contribution in [2.75, 3.05) is 27.2 Å². The van der Waals surface area contributed by atoms with Gasteiger partial charge in [-0.15, -0.1) is 0 Å². The quantitative estimate of drug-likeness (QED) is 0.233. The lowest BCUT2D eigenvalue weighted by Gasteiger charge is -2.30. The molecule has 1 atom stereocenters. The normalized spacial score (nSPS) is 14.0. The Labute approximate surface area is 143 Å². The van der Waals surface area contributed by atoms with E-state index in [2.05, 4.69) is 5.10 Å². The van der Waals surface area contributed by atoms with Crippen molar-refractivity contribution in [1.82, 2.24) is 14.7 Å². The average molecular weight is 355 g/mol. The molecule has 0 amide bonds. The van der Waals surface area contributed by atoms with Crippen LogP contribution in [0.2, 0.25) is 0 Å². The molecule has 10 nitrogen and oxygen atoms in total. The number of phenolic OH excluding ortho intramolecular Hbond substituents is 5. The third-order valence-corrected chi connectivity index (χ3v) is 3.73. The number of nitrogens with zero attached hydrogens (tertiary/aromatic N) is 3. The van der Waals surface area contributed by atoms with Gasteiger partial charge in [-0.05, 0) is 20.2 Å². The maximum Gasteiger partial charge on any atom is 0.244 e. The second kappa shape index (κ2) is 6.67. The predicted octanol–water partition coefficient (Wildman–Crippen LogP) is -0.280. The average Bonchev–Trinajstić information content (AvgIpc) is 2.97. The third kappa shape index (κ3) is 3.14. The fraction of sp³-hybridized carbons (Fsp3) is 0.400. The van der Waals surface area contributed by atoms with E-state index in [9.17, 15) is 30.6 Å². The third-order valence-electron chi connectivity index (χ3n) is 3.73. The van der Waals surface area contributed by atoms with E-state index in [1.807, 2.05) is 0 Å². The van der Waals surface area contributed by atoms with E-state index < -0.39 is 40.1 Å². The Morgan fingerprint density at radius 2 is 1.56 bits per heavy atom. The Morgan fingerprint density at radius 1 is 1.04 bits per heavy atom. The standard InChI is InChI=1S/C15H21N3O7/c1-17(2)6-7-25-15(24,8-4-5-16-18(8)3)9-10(19)12(21)14(23)13(22)11(9)20/h4-5,19-24H,6-7H2,1-3H3. The largest absolute Gasteiger partial charge is 0.504 e. The summed E-state index contributed by atoms with van der Waals surface area (Å²) >= 11 is 0. The summed E-state index contributed by atoms with van der Waals surface area (Å²) in [5.74, 6) is -7.88. The van der Waals surface area contributed by atoms with E-state index in [0.29, 0.717) is 6.54 Å². The number of likely N-dealkylation sites (N-methyl/N-ethyl adjacent to an activating group) is 1. The van der Waals surface area contributed by atoms with Gasteiger partial charge in [0.1, 0.15) is 11.3 Å². The number of aryl methyl sites for hydroxylation is 1. The van der Waals surface area contributed by atoms with Crippen LogP contribution >= 0.6 is 0 Å². The van der Waals surface area contributed by atoms with Gasteiger partial charge >= 0.3 is 0 Å². The van der Waals surface area contributed by atoms with Gasteiger partial charge < -0.3 is 40.3 Å². The van der Waals surface area contributed by atoms with Crippen molar-refractivity contribution >= 4 is 0 Å². The molecule has 2 rings (SSSR count). The Bertz CT molecular complexity index is 746. The Morgan fingerprint density at radius 3 is 2.00 bits per heavy atom. The first-order chi connectivity index (χ1) is 11.6. The minimum Gasteiger partial charge on any atom is -0.504 e. The monoisotopic (exact) mass is 355 g/mol. The van der Waals surface area contributed by atoms with Crippen molar-refractivity contribution in [3.63, 3.8) is 0 Å². The van der Waals surface area contributed by atoms with Gasteiger partial charge in [0.15, 0.2) is 11.5 Å². The predicted molar refractivity (Wildman–Crippen MR) is 85.5 cm³/mol. The van der Waals surface area contributed by atoms with Crippen LogP contribution in [-0.2, 0) is 17.6 Å². The molecule has 25 heavy (non-hydrogen) atoms. The topological polar surface area (TPSA) is 152 Å². The SMILES string of the molecule is CN(C)CCOC(O)(c1c(O)c(O)c(O)c(O)c1O)c1ccnn1C. The molecule has 0 bridgehead atoms. The molecule has 0 aliphatic carbocycles. The van der Waals surface area contributed by atoms with Crippen molar-refractivity contribution in [2.45, 2.75) is 5.79 Å². The van der Waals surface area contributed by atoms with Crippen LogP contribution in [-0.4, -0.2) is 72.6 Å². The first-order valence-corrected chi connectivity index (χ1v) is 7.30. The number of rotatable bonds is 6. The van der Waals surface area contributed by atoms with Gasteiger partial charge in [-0.1, -0.05) is 0 Å². The molecular weight excluding hydrogens is 334 g/mol. The second-order valence-electron chi connectivity index (χ2n) is 5.75. The van der Waals surface area contributed by atoms with Crippen molar-refractivity contribution in [2.24, 2.45) is 7.05 Å². The van der Waals surface area contributed by atoms with Gasteiger partial charge in [-0.3, -0.25) is 4.68 Å². The Kier molecular flexibility index (Phi) is 4.97. The van der Waals surface area contributed by atoms with Crippen molar-refractivity contribution in [3.05, 3.63) is 23.5 Å². The molecule has 1 aromatic carbocycles. The van der Waals surface area contributed by atoms with Gasteiger partial charge in [0.2, 0.25) is 23.0 Å². The highest BCUT2D eigenvalue weighted by atomic mass is 16.6. The molecule has 0 aliphatic rings. The van der Waals surface area contributed by atoms with Crippen LogP contribution in [0.4, 0.5) is 0 Å². The summed E-state index contributed by atoms with van der Waals surface area (Å²) in [4.78, 5) is 1.77. The molecule has 0 fully saturated rings. The lowest BCUT2D eigenvalue weighted by Crippen LogP contribution is -2.36. The van der Waals surface area contributed by atoms with E-state index >= 15 is 0 Å². The molecule has 0 saturated heterocycles. The molecule has 1 heterocycles. The van der Waals surface area contributed by atoms with E-state index in [4.69, 9.17) is 4.74 Å². The number of aromatic nitrogens is 2. The molecular formula is C15H21N3O7. The minimum atomic E-state index is -2.46. The molecule has 0 spiro atoms. The van der Waals surface area contributed by atoms with Crippen LogP contribution < -0.4 is 0 Å². The van der Waals surface area contributed by atoms with Gasteiger partial charge in [0.05, 0.1) is 6.61 Å². The summed E-state index contributed by atoms with van der Waals surface area (Å²) in [5, 5.41) is 64.4. The van der Waals surface area contributed by atoms with Gasteiger partial charge in [-0.25, -0.2) is 0 Å². The maximum atomic E-state index is 11.1. The fourth-order valence-corrected chi connectivity index (χ4v) is 2.36. The van der Waals surface area contributed by atoms with Crippen LogP contribution in [0.15, 0.2) is 12.3 Å². The number of aromatic hydroxyl groups is 5. The molecule has 138 valence electrons. The van der Waals surface area contributed by atoms with E-state index in [-0.39, 0.29) is 12.3 Å². The lowest BCUT2D eigenvalue weighted by atomic mass is 9.98. The number of hydrogen-bond donors (Lipinski definition) is 6. The highest BCUT2D eigenvalue weighted by molar-refractivity contribution is 5.69. The Balaban J connectivity index is 2.67. The number of aliphatic hydroxyl groups is 1. The highest BCUT2D eigenvalue weighted by Gasteiger charge is 2.44. The van der Waals surface area contributed by atoms with E-state index in [1.165, 1.54) is 24.0 Å². The van der Waals surface area contributed by atoms with Gasteiger partial charge in [0.25, 0.3) is 0 Å². The van der Waals surface area contributed by atoms with Crippen molar-refractivity contribution < 1.29 is 35.4 Å². The van der Waals surface area contributed by atoms with E-state index in [0.717, 1.165) is 0 Å².